The van der Waals surface area contributed by atoms with Crippen molar-refractivity contribution in [2.45, 2.75) is 18.3 Å². The molecule has 0 bridgehead atoms. The highest BCUT2D eigenvalue weighted by Crippen LogP contribution is 2.42. The summed E-state index contributed by atoms with van der Waals surface area (Å²) in [5.41, 5.74) is -3.82. The minimum Gasteiger partial charge on any atom is -0.362 e. The van der Waals surface area contributed by atoms with Crippen LogP contribution in [0.3, 0.4) is 0 Å². The zero-order valence-electron chi connectivity index (χ0n) is 13.0. The smallest absolute Gasteiger partial charge is 0.362 e. The number of alkyl halides is 3. The van der Waals surface area contributed by atoms with E-state index in [4.69, 9.17) is 11.6 Å². The average Bonchev–Trinajstić information content (AvgIpc) is 2.94. The number of carbonyl (C=O) groups is 1. The van der Waals surface area contributed by atoms with E-state index in [9.17, 15) is 27.5 Å². The zero-order valence-corrected chi connectivity index (χ0v) is 13.7. The first-order valence-corrected chi connectivity index (χ1v) is 7.73. The molecule has 0 saturated heterocycles. The van der Waals surface area contributed by atoms with Gasteiger partial charge in [-0.25, -0.2) is 4.39 Å². The molecule has 4 nitrogen and oxygen atoms in total. The van der Waals surface area contributed by atoms with E-state index in [-0.39, 0.29) is 26.9 Å². The van der Waals surface area contributed by atoms with Crippen molar-refractivity contribution < 1.29 is 27.5 Å². The Balaban J connectivity index is 2.07. The SMILES string of the molecule is O=C(c1ccccc1Cl)N1N=C(c2ccc(F)cc2)C[C@]1(O)C(F)(F)F. The van der Waals surface area contributed by atoms with Crippen LogP contribution in [-0.2, 0) is 0 Å². The second-order valence-electron chi connectivity index (χ2n) is 5.64. The van der Waals surface area contributed by atoms with E-state index in [0.717, 1.165) is 12.1 Å². The summed E-state index contributed by atoms with van der Waals surface area (Å²) in [5, 5.41) is 13.8. The number of hydrazone groups is 1. The summed E-state index contributed by atoms with van der Waals surface area (Å²) in [6, 6.07) is 10.0. The van der Waals surface area contributed by atoms with Crippen LogP contribution in [-0.4, -0.2) is 33.6 Å². The first-order valence-electron chi connectivity index (χ1n) is 7.35. The lowest BCUT2D eigenvalue weighted by Crippen LogP contribution is -2.56. The number of halogens is 5. The third-order valence-corrected chi connectivity index (χ3v) is 4.24. The molecule has 1 amide bonds. The highest BCUT2D eigenvalue weighted by atomic mass is 35.5. The number of hydrogen-bond donors (Lipinski definition) is 1. The quantitative estimate of drug-likeness (QED) is 0.794. The average molecular weight is 387 g/mol. The maximum atomic E-state index is 13.5. The fraction of sp³-hybridized carbons (Fsp3) is 0.176. The summed E-state index contributed by atoms with van der Waals surface area (Å²) in [6.45, 7) is 0. The molecule has 0 aromatic heterocycles. The largest absolute Gasteiger partial charge is 0.438 e. The van der Waals surface area contributed by atoms with E-state index in [0.29, 0.717) is 0 Å². The van der Waals surface area contributed by atoms with Gasteiger partial charge in [0.1, 0.15) is 5.82 Å². The number of aliphatic hydroxyl groups is 1. The Kier molecular flexibility index (Phi) is 4.49. The van der Waals surface area contributed by atoms with Crippen molar-refractivity contribution in [3.63, 3.8) is 0 Å². The first kappa shape index (κ1) is 18.3. The van der Waals surface area contributed by atoms with E-state index >= 15 is 0 Å². The van der Waals surface area contributed by atoms with Gasteiger partial charge in [0.25, 0.3) is 11.6 Å². The molecule has 3 rings (SSSR count). The van der Waals surface area contributed by atoms with Crippen LogP contribution >= 0.6 is 11.6 Å². The van der Waals surface area contributed by atoms with Crippen molar-refractivity contribution in [2.75, 3.05) is 0 Å². The van der Waals surface area contributed by atoms with Gasteiger partial charge < -0.3 is 5.11 Å². The van der Waals surface area contributed by atoms with E-state index in [1.807, 2.05) is 0 Å². The maximum Gasteiger partial charge on any atom is 0.438 e. The first-order chi connectivity index (χ1) is 12.1. The Morgan fingerprint density at radius 3 is 2.35 bits per heavy atom. The van der Waals surface area contributed by atoms with E-state index < -0.39 is 30.0 Å². The van der Waals surface area contributed by atoms with E-state index in [2.05, 4.69) is 5.10 Å². The topological polar surface area (TPSA) is 52.9 Å². The van der Waals surface area contributed by atoms with Crippen molar-refractivity contribution in [3.8, 4) is 0 Å². The second kappa shape index (κ2) is 6.37. The lowest BCUT2D eigenvalue weighted by molar-refractivity contribution is -0.297. The van der Waals surface area contributed by atoms with Gasteiger partial charge in [0.05, 0.1) is 22.7 Å². The number of benzene rings is 2. The Labute approximate surface area is 150 Å². The molecule has 2 aromatic carbocycles. The summed E-state index contributed by atoms with van der Waals surface area (Å²) < 4.78 is 53.6. The molecule has 1 aliphatic rings. The molecule has 0 saturated carbocycles. The van der Waals surface area contributed by atoms with Crippen LogP contribution < -0.4 is 0 Å². The normalized spacial score (nSPS) is 20.2. The highest BCUT2D eigenvalue weighted by molar-refractivity contribution is 6.33. The van der Waals surface area contributed by atoms with Gasteiger partial charge in [-0.3, -0.25) is 4.79 Å². The standard InChI is InChI=1S/C17H11ClF4N2O2/c18-13-4-2-1-3-12(13)15(25)24-16(26,17(20,21)22)9-14(23-24)10-5-7-11(19)8-6-10/h1-8,26H,9H2/t16-/m0/s1. The summed E-state index contributed by atoms with van der Waals surface area (Å²) >= 11 is 5.88. The molecule has 0 unspecified atom stereocenters. The summed E-state index contributed by atoms with van der Waals surface area (Å²) in [6.07, 6.45) is -6.16. The summed E-state index contributed by atoms with van der Waals surface area (Å²) in [7, 11) is 0. The molecule has 0 spiro atoms. The van der Waals surface area contributed by atoms with Crippen molar-refractivity contribution in [1.29, 1.82) is 0 Å². The lowest BCUT2D eigenvalue weighted by atomic mass is 10.0. The van der Waals surface area contributed by atoms with Crippen molar-refractivity contribution in [2.24, 2.45) is 5.10 Å². The number of amides is 1. The van der Waals surface area contributed by atoms with Crippen molar-refractivity contribution in [3.05, 3.63) is 70.5 Å². The van der Waals surface area contributed by atoms with Gasteiger partial charge in [-0.2, -0.15) is 23.3 Å². The second-order valence-corrected chi connectivity index (χ2v) is 6.05. The number of rotatable bonds is 2. The number of nitrogens with zero attached hydrogens (tertiary/aromatic N) is 2. The van der Waals surface area contributed by atoms with Crippen LogP contribution in [0.1, 0.15) is 22.3 Å². The molecule has 1 N–H and O–H groups in total. The number of hydrogen-bond acceptors (Lipinski definition) is 3. The third kappa shape index (κ3) is 3.06. The molecule has 1 heterocycles. The minimum absolute atomic E-state index is 0.0209. The molecule has 2 aromatic rings. The molecule has 26 heavy (non-hydrogen) atoms. The van der Waals surface area contributed by atoms with Crippen LogP contribution in [0.4, 0.5) is 17.6 Å². The van der Waals surface area contributed by atoms with Gasteiger partial charge in [0.15, 0.2) is 0 Å². The molecular weight excluding hydrogens is 376 g/mol. The minimum atomic E-state index is -5.17. The fourth-order valence-corrected chi connectivity index (χ4v) is 2.75. The molecule has 9 heteroatoms. The zero-order chi connectivity index (χ0) is 19.1. The predicted octanol–water partition coefficient (Wildman–Crippen LogP) is 3.98. The lowest BCUT2D eigenvalue weighted by Gasteiger charge is -2.32. The molecule has 0 radical (unpaired) electrons. The Bertz CT molecular complexity index is 883. The van der Waals surface area contributed by atoms with Gasteiger partial charge >= 0.3 is 6.18 Å². The monoisotopic (exact) mass is 386 g/mol. The van der Waals surface area contributed by atoms with Crippen LogP contribution in [0, 0.1) is 5.82 Å². The third-order valence-electron chi connectivity index (χ3n) is 3.91. The van der Waals surface area contributed by atoms with Gasteiger partial charge in [-0.15, -0.1) is 0 Å². The predicted molar refractivity (Wildman–Crippen MR) is 86.2 cm³/mol. The molecular formula is C17H11ClF4N2O2. The molecule has 0 aliphatic carbocycles. The van der Waals surface area contributed by atoms with Crippen LogP contribution in [0.15, 0.2) is 53.6 Å². The van der Waals surface area contributed by atoms with E-state index in [1.54, 1.807) is 0 Å². The Morgan fingerprint density at radius 2 is 1.77 bits per heavy atom. The van der Waals surface area contributed by atoms with Gasteiger partial charge in [-0.05, 0) is 29.8 Å². The molecule has 136 valence electrons. The Hall–Kier alpha value is -2.45. The summed E-state index contributed by atoms with van der Waals surface area (Å²) in [4.78, 5) is 12.6. The van der Waals surface area contributed by atoms with Gasteiger partial charge in [0, 0.05) is 0 Å². The van der Waals surface area contributed by atoms with Crippen molar-refractivity contribution in [1.82, 2.24) is 5.01 Å². The van der Waals surface area contributed by atoms with E-state index in [1.165, 1.54) is 36.4 Å². The molecule has 1 atom stereocenters. The van der Waals surface area contributed by atoms with Crippen LogP contribution in [0.2, 0.25) is 5.02 Å². The molecule has 0 fully saturated rings. The molecule has 1 aliphatic heterocycles. The highest BCUT2D eigenvalue weighted by Gasteiger charge is 2.63. The maximum absolute atomic E-state index is 13.5. The van der Waals surface area contributed by atoms with Crippen molar-refractivity contribution >= 4 is 23.2 Å². The van der Waals surface area contributed by atoms with Gasteiger partial charge in [0.2, 0.25) is 0 Å². The van der Waals surface area contributed by atoms with Gasteiger partial charge in [-0.1, -0.05) is 35.9 Å². The van der Waals surface area contributed by atoms with Crippen LogP contribution in [0.5, 0.6) is 0 Å². The van der Waals surface area contributed by atoms with Crippen LogP contribution in [0.25, 0.3) is 0 Å². The Morgan fingerprint density at radius 1 is 1.15 bits per heavy atom. The number of carbonyl (C=O) groups excluding carboxylic acids is 1. The summed E-state index contributed by atoms with van der Waals surface area (Å²) in [5.74, 6) is -1.78. The fourth-order valence-electron chi connectivity index (χ4n) is 2.53.